The second-order valence-corrected chi connectivity index (χ2v) is 7.62. The fraction of sp³-hybridized carbons (Fsp3) is 0.333. The number of fused-ring (bicyclic) bond motifs is 1. The molecule has 0 aliphatic heterocycles. The fourth-order valence-electron chi connectivity index (χ4n) is 2.76. The molecule has 0 aromatic heterocycles. The third-order valence-electron chi connectivity index (χ3n) is 4.02. The molecule has 0 heterocycles. The fourth-order valence-corrected chi connectivity index (χ4v) is 3.87. The number of allylic oxidation sites excluding steroid dienone is 5. The molecule has 0 spiro atoms. The van der Waals surface area contributed by atoms with Gasteiger partial charge in [0.25, 0.3) is 0 Å². The summed E-state index contributed by atoms with van der Waals surface area (Å²) in [5, 5.41) is 0. The number of halogens is 1. The van der Waals surface area contributed by atoms with E-state index < -0.39 is 0 Å². The van der Waals surface area contributed by atoms with Crippen LogP contribution in [-0.4, -0.2) is 0 Å². The van der Waals surface area contributed by atoms with Crippen LogP contribution >= 0.6 is 22.6 Å². The molecule has 2 aliphatic rings. The normalized spacial score (nSPS) is 21.9. The summed E-state index contributed by atoms with van der Waals surface area (Å²) in [6, 6.07) is 8.74. The second-order valence-electron chi connectivity index (χ2n) is 6.37. The lowest BCUT2D eigenvalue weighted by atomic mass is 9.86. The summed E-state index contributed by atoms with van der Waals surface area (Å²) >= 11 is 2.56. The van der Waals surface area contributed by atoms with Crippen LogP contribution in [-0.2, 0) is 0 Å². The van der Waals surface area contributed by atoms with Crippen molar-refractivity contribution < 1.29 is 0 Å². The molecule has 1 heteroatoms. The highest BCUT2D eigenvalue weighted by molar-refractivity contribution is 14.1. The SMILES string of the molecule is CC(C)(C)C1=CC(C2=Cc3ccccc3C2I)=CC1. The minimum absolute atomic E-state index is 0.283. The lowest BCUT2D eigenvalue weighted by Crippen LogP contribution is -2.07. The Morgan fingerprint density at radius 3 is 2.47 bits per heavy atom. The topological polar surface area (TPSA) is 0 Å². The van der Waals surface area contributed by atoms with Crippen LogP contribution in [0, 0.1) is 5.41 Å². The van der Waals surface area contributed by atoms with Crippen LogP contribution in [0.25, 0.3) is 6.08 Å². The standard InChI is InChI=1S/C18H19I/c1-18(2,3)14-9-8-13(10-14)16-11-12-6-4-5-7-15(12)17(16)19/h4-8,10-11,17H,9H2,1-3H3. The van der Waals surface area contributed by atoms with Gasteiger partial charge in [0, 0.05) is 0 Å². The summed E-state index contributed by atoms with van der Waals surface area (Å²) < 4.78 is 0.496. The van der Waals surface area contributed by atoms with E-state index in [1.165, 1.54) is 22.3 Å². The van der Waals surface area contributed by atoms with Crippen LogP contribution in [0.4, 0.5) is 0 Å². The van der Waals surface area contributed by atoms with Crippen LogP contribution in [0.2, 0.25) is 0 Å². The molecule has 0 bridgehead atoms. The maximum atomic E-state index is 2.56. The summed E-state index contributed by atoms with van der Waals surface area (Å²) in [6.07, 6.45) is 8.27. The van der Waals surface area contributed by atoms with Crippen LogP contribution in [0.15, 0.2) is 53.1 Å². The van der Waals surface area contributed by atoms with Gasteiger partial charge in [0.15, 0.2) is 0 Å². The third kappa shape index (κ3) is 2.33. The average Bonchev–Trinajstić information content (AvgIpc) is 2.94. The average molecular weight is 362 g/mol. The molecule has 0 nitrogen and oxygen atoms in total. The number of alkyl halides is 1. The minimum atomic E-state index is 0.283. The highest BCUT2D eigenvalue weighted by atomic mass is 127. The summed E-state index contributed by atoms with van der Waals surface area (Å²) in [7, 11) is 0. The van der Waals surface area contributed by atoms with Gasteiger partial charge in [-0.15, -0.1) is 0 Å². The first-order valence-electron chi connectivity index (χ1n) is 6.83. The van der Waals surface area contributed by atoms with Crippen LogP contribution in [0.3, 0.4) is 0 Å². The molecule has 1 aromatic carbocycles. The first-order chi connectivity index (χ1) is 8.97. The van der Waals surface area contributed by atoms with Crippen molar-refractivity contribution in [3.63, 3.8) is 0 Å². The van der Waals surface area contributed by atoms with Gasteiger partial charge in [-0.25, -0.2) is 0 Å². The molecular weight excluding hydrogens is 343 g/mol. The predicted molar refractivity (Wildman–Crippen MR) is 91.4 cm³/mol. The van der Waals surface area contributed by atoms with E-state index in [9.17, 15) is 0 Å². The van der Waals surface area contributed by atoms with Gasteiger partial charge in [-0.1, -0.05) is 85.4 Å². The van der Waals surface area contributed by atoms with E-state index in [0.29, 0.717) is 3.92 Å². The van der Waals surface area contributed by atoms with Crippen molar-refractivity contribution in [3.8, 4) is 0 Å². The smallest absolute Gasteiger partial charge is 0.0620 e. The van der Waals surface area contributed by atoms with Gasteiger partial charge in [0.05, 0.1) is 3.92 Å². The second kappa shape index (κ2) is 4.62. The molecule has 1 unspecified atom stereocenters. The van der Waals surface area contributed by atoms with Gasteiger partial charge in [0.1, 0.15) is 0 Å². The van der Waals surface area contributed by atoms with Crippen molar-refractivity contribution in [2.75, 3.05) is 0 Å². The molecule has 0 radical (unpaired) electrons. The van der Waals surface area contributed by atoms with Gasteiger partial charge in [-0.3, -0.25) is 0 Å². The molecule has 98 valence electrons. The summed E-state index contributed by atoms with van der Waals surface area (Å²) in [5.41, 5.74) is 7.57. The van der Waals surface area contributed by atoms with Crippen LogP contribution in [0.5, 0.6) is 0 Å². The van der Waals surface area contributed by atoms with Crippen LogP contribution in [0.1, 0.15) is 42.2 Å². The summed E-state index contributed by atoms with van der Waals surface area (Å²) in [6.45, 7) is 6.90. The van der Waals surface area contributed by atoms with Crippen molar-refractivity contribution >= 4 is 28.7 Å². The first-order valence-corrected chi connectivity index (χ1v) is 8.07. The summed E-state index contributed by atoms with van der Waals surface area (Å²) in [4.78, 5) is 0. The van der Waals surface area contributed by atoms with Crippen molar-refractivity contribution in [1.29, 1.82) is 0 Å². The number of benzene rings is 1. The highest BCUT2D eigenvalue weighted by Gasteiger charge is 2.27. The molecule has 3 rings (SSSR count). The van der Waals surface area contributed by atoms with Gasteiger partial charge < -0.3 is 0 Å². The van der Waals surface area contributed by atoms with Gasteiger partial charge in [-0.05, 0) is 40.2 Å². The van der Waals surface area contributed by atoms with Crippen molar-refractivity contribution in [1.82, 2.24) is 0 Å². The van der Waals surface area contributed by atoms with E-state index >= 15 is 0 Å². The number of hydrogen-bond donors (Lipinski definition) is 0. The Morgan fingerprint density at radius 1 is 1.11 bits per heavy atom. The van der Waals surface area contributed by atoms with E-state index in [-0.39, 0.29) is 5.41 Å². The third-order valence-corrected chi connectivity index (χ3v) is 5.36. The van der Waals surface area contributed by atoms with Gasteiger partial charge >= 0.3 is 0 Å². The molecule has 2 aliphatic carbocycles. The summed E-state index contributed by atoms with van der Waals surface area (Å²) in [5.74, 6) is 0. The zero-order chi connectivity index (χ0) is 13.6. The Balaban J connectivity index is 1.93. The van der Waals surface area contributed by atoms with E-state index in [4.69, 9.17) is 0 Å². The number of rotatable bonds is 1. The molecule has 0 amide bonds. The Hall–Kier alpha value is -0.830. The lowest BCUT2D eigenvalue weighted by molar-refractivity contribution is 0.496. The first kappa shape index (κ1) is 13.2. The Morgan fingerprint density at radius 2 is 1.84 bits per heavy atom. The Labute approximate surface area is 129 Å². The van der Waals surface area contributed by atoms with Gasteiger partial charge in [0.2, 0.25) is 0 Å². The zero-order valence-corrected chi connectivity index (χ0v) is 13.9. The molecular formula is C18H19I. The number of hydrogen-bond acceptors (Lipinski definition) is 0. The molecule has 0 N–H and O–H groups in total. The molecule has 19 heavy (non-hydrogen) atoms. The maximum absolute atomic E-state index is 2.56. The van der Waals surface area contributed by atoms with E-state index in [1.807, 2.05) is 0 Å². The quantitative estimate of drug-likeness (QED) is 0.433. The van der Waals surface area contributed by atoms with E-state index in [2.05, 4.69) is 85.9 Å². The molecule has 0 fully saturated rings. The maximum Gasteiger partial charge on any atom is 0.0620 e. The van der Waals surface area contributed by atoms with E-state index in [0.717, 1.165) is 6.42 Å². The highest BCUT2D eigenvalue weighted by Crippen LogP contribution is 2.47. The Kier molecular flexibility index (Phi) is 3.20. The molecule has 0 saturated heterocycles. The molecule has 1 aromatic rings. The molecule has 0 saturated carbocycles. The molecule has 1 atom stereocenters. The largest absolute Gasteiger partial charge is 0.0728 e. The van der Waals surface area contributed by atoms with Gasteiger partial charge in [-0.2, -0.15) is 0 Å². The lowest BCUT2D eigenvalue weighted by Gasteiger charge is -2.20. The van der Waals surface area contributed by atoms with Crippen molar-refractivity contribution in [2.45, 2.75) is 31.1 Å². The Bertz CT molecular complexity index is 609. The van der Waals surface area contributed by atoms with E-state index in [1.54, 1.807) is 5.57 Å². The zero-order valence-electron chi connectivity index (χ0n) is 11.7. The monoisotopic (exact) mass is 362 g/mol. The van der Waals surface area contributed by atoms with Crippen molar-refractivity contribution in [2.24, 2.45) is 5.41 Å². The van der Waals surface area contributed by atoms with Crippen LogP contribution < -0.4 is 0 Å². The minimum Gasteiger partial charge on any atom is -0.0728 e. The van der Waals surface area contributed by atoms with Crippen molar-refractivity contribution in [3.05, 3.63) is 64.3 Å². The predicted octanol–water partition coefficient (Wildman–Crippen LogP) is 5.86.